The number of imidazole rings is 1. The SMILES string of the molecule is Cc1ccc2nc(SCc3ccno3)[nH]c2c1. The van der Waals surface area contributed by atoms with Crippen molar-refractivity contribution in [2.45, 2.75) is 17.8 Å². The van der Waals surface area contributed by atoms with Crippen molar-refractivity contribution in [1.29, 1.82) is 0 Å². The maximum absolute atomic E-state index is 5.04. The van der Waals surface area contributed by atoms with Gasteiger partial charge in [-0.25, -0.2) is 4.98 Å². The predicted molar refractivity (Wildman–Crippen MR) is 66.9 cm³/mol. The van der Waals surface area contributed by atoms with Gasteiger partial charge in [-0.2, -0.15) is 0 Å². The van der Waals surface area contributed by atoms with E-state index in [1.165, 1.54) is 5.56 Å². The largest absolute Gasteiger partial charge is 0.361 e. The molecule has 3 aromatic rings. The molecule has 17 heavy (non-hydrogen) atoms. The molecular formula is C12H11N3OS. The summed E-state index contributed by atoms with van der Waals surface area (Å²) >= 11 is 1.61. The van der Waals surface area contributed by atoms with Crippen molar-refractivity contribution in [2.24, 2.45) is 0 Å². The molecule has 1 N–H and O–H groups in total. The molecule has 0 radical (unpaired) electrons. The molecule has 0 aliphatic carbocycles. The maximum Gasteiger partial charge on any atom is 0.166 e. The lowest BCUT2D eigenvalue weighted by Gasteiger charge is -1.91. The highest BCUT2D eigenvalue weighted by Crippen LogP contribution is 2.23. The number of aromatic nitrogens is 3. The first-order chi connectivity index (χ1) is 8.31. The monoisotopic (exact) mass is 245 g/mol. The molecule has 0 atom stereocenters. The third-order valence-corrected chi connectivity index (χ3v) is 3.35. The van der Waals surface area contributed by atoms with Gasteiger partial charge in [0.2, 0.25) is 0 Å². The molecule has 86 valence electrons. The van der Waals surface area contributed by atoms with Gasteiger partial charge in [-0.3, -0.25) is 0 Å². The fourth-order valence-corrected chi connectivity index (χ4v) is 2.40. The summed E-state index contributed by atoms with van der Waals surface area (Å²) in [7, 11) is 0. The molecule has 2 heterocycles. The predicted octanol–water partition coefficient (Wildman–Crippen LogP) is 3.15. The Morgan fingerprint density at radius 2 is 2.29 bits per heavy atom. The minimum Gasteiger partial charge on any atom is -0.361 e. The van der Waals surface area contributed by atoms with E-state index in [0.29, 0.717) is 0 Å². The van der Waals surface area contributed by atoms with E-state index in [1.54, 1.807) is 18.0 Å². The number of fused-ring (bicyclic) bond motifs is 1. The summed E-state index contributed by atoms with van der Waals surface area (Å²) in [4.78, 5) is 7.79. The maximum atomic E-state index is 5.04. The van der Waals surface area contributed by atoms with Crippen LogP contribution in [0.3, 0.4) is 0 Å². The highest BCUT2D eigenvalue weighted by atomic mass is 32.2. The number of hydrogen-bond donors (Lipinski definition) is 1. The zero-order valence-corrected chi connectivity index (χ0v) is 10.1. The quantitative estimate of drug-likeness (QED) is 0.720. The van der Waals surface area contributed by atoms with Gasteiger partial charge in [-0.15, -0.1) is 0 Å². The number of benzene rings is 1. The Morgan fingerprint density at radius 3 is 3.12 bits per heavy atom. The van der Waals surface area contributed by atoms with Crippen LogP contribution in [-0.2, 0) is 5.75 Å². The van der Waals surface area contributed by atoms with Crippen LogP contribution < -0.4 is 0 Å². The van der Waals surface area contributed by atoms with Gasteiger partial charge in [0.05, 0.1) is 23.0 Å². The molecule has 2 aromatic heterocycles. The van der Waals surface area contributed by atoms with E-state index < -0.39 is 0 Å². The first-order valence-electron chi connectivity index (χ1n) is 5.30. The Bertz CT molecular complexity index is 630. The van der Waals surface area contributed by atoms with E-state index in [9.17, 15) is 0 Å². The molecule has 1 aromatic carbocycles. The lowest BCUT2D eigenvalue weighted by atomic mass is 10.2. The van der Waals surface area contributed by atoms with Crippen LogP contribution >= 0.6 is 11.8 Å². The topological polar surface area (TPSA) is 54.7 Å². The Hall–Kier alpha value is -1.75. The van der Waals surface area contributed by atoms with Crippen LogP contribution in [0.25, 0.3) is 11.0 Å². The van der Waals surface area contributed by atoms with Crippen molar-refractivity contribution in [3.63, 3.8) is 0 Å². The first kappa shape index (κ1) is 10.4. The van der Waals surface area contributed by atoms with E-state index in [2.05, 4.69) is 34.2 Å². The average molecular weight is 245 g/mol. The molecule has 0 spiro atoms. The van der Waals surface area contributed by atoms with Crippen molar-refractivity contribution in [2.75, 3.05) is 0 Å². The van der Waals surface area contributed by atoms with E-state index in [0.717, 1.165) is 27.7 Å². The fourth-order valence-electron chi connectivity index (χ4n) is 1.62. The average Bonchev–Trinajstić information content (AvgIpc) is 2.94. The van der Waals surface area contributed by atoms with Crippen molar-refractivity contribution >= 4 is 22.8 Å². The highest BCUT2D eigenvalue weighted by molar-refractivity contribution is 7.98. The Morgan fingerprint density at radius 1 is 1.35 bits per heavy atom. The summed E-state index contributed by atoms with van der Waals surface area (Å²) < 4.78 is 5.04. The molecule has 4 nitrogen and oxygen atoms in total. The zero-order valence-electron chi connectivity index (χ0n) is 9.30. The van der Waals surface area contributed by atoms with Crippen molar-refractivity contribution < 1.29 is 4.52 Å². The highest BCUT2D eigenvalue weighted by Gasteiger charge is 2.05. The van der Waals surface area contributed by atoms with Crippen LogP contribution in [-0.4, -0.2) is 15.1 Å². The van der Waals surface area contributed by atoms with Crippen LogP contribution in [0.15, 0.2) is 40.1 Å². The van der Waals surface area contributed by atoms with Crippen LogP contribution in [0.1, 0.15) is 11.3 Å². The summed E-state index contributed by atoms with van der Waals surface area (Å²) in [5.74, 6) is 1.59. The molecule has 0 aliphatic rings. The lowest BCUT2D eigenvalue weighted by molar-refractivity contribution is 0.395. The minimum absolute atomic E-state index is 0.735. The van der Waals surface area contributed by atoms with Gasteiger partial charge in [0.25, 0.3) is 0 Å². The standard InChI is InChI=1S/C12H11N3OS/c1-8-2-3-10-11(6-8)15-12(14-10)17-7-9-4-5-13-16-9/h2-6H,7H2,1H3,(H,14,15). The Kier molecular flexibility index (Phi) is 2.60. The minimum atomic E-state index is 0.735. The fraction of sp³-hybridized carbons (Fsp3) is 0.167. The number of thioether (sulfide) groups is 1. The summed E-state index contributed by atoms with van der Waals surface area (Å²) in [6.07, 6.45) is 1.65. The third-order valence-electron chi connectivity index (χ3n) is 2.46. The van der Waals surface area contributed by atoms with Gasteiger partial charge < -0.3 is 9.51 Å². The van der Waals surface area contributed by atoms with Crippen LogP contribution in [0.4, 0.5) is 0 Å². The van der Waals surface area contributed by atoms with Gasteiger partial charge in [-0.1, -0.05) is 23.0 Å². The van der Waals surface area contributed by atoms with Crippen LogP contribution in [0.5, 0.6) is 0 Å². The van der Waals surface area contributed by atoms with Gasteiger partial charge in [0, 0.05) is 6.07 Å². The van der Waals surface area contributed by atoms with Crippen molar-refractivity contribution in [3.8, 4) is 0 Å². The lowest BCUT2D eigenvalue weighted by Crippen LogP contribution is -1.77. The van der Waals surface area contributed by atoms with E-state index in [4.69, 9.17) is 4.52 Å². The number of nitrogens with one attached hydrogen (secondary N) is 1. The Balaban J connectivity index is 1.81. The molecule has 0 saturated heterocycles. The molecule has 5 heteroatoms. The molecule has 0 amide bonds. The molecule has 0 fully saturated rings. The number of nitrogens with zero attached hydrogens (tertiary/aromatic N) is 2. The molecule has 0 saturated carbocycles. The summed E-state index contributed by atoms with van der Waals surface area (Å²) in [6, 6.07) is 8.05. The van der Waals surface area contributed by atoms with Crippen LogP contribution in [0.2, 0.25) is 0 Å². The van der Waals surface area contributed by atoms with Gasteiger partial charge in [-0.05, 0) is 24.6 Å². The number of H-pyrrole nitrogens is 1. The molecule has 0 bridgehead atoms. The Labute approximate surface area is 102 Å². The zero-order chi connectivity index (χ0) is 11.7. The summed E-state index contributed by atoms with van der Waals surface area (Å²) in [5, 5.41) is 4.57. The number of aryl methyl sites for hydroxylation is 1. The number of rotatable bonds is 3. The normalized spacial score (nSPS) is 11.1. The van der Waals surface area contributed by atoms with Gasteiger partial charge in [0.1, 0.15) is 5.76 Å². The summed E-state index contributed by atoms with van der Waals surface area (Å²) in [6.45, 7) is 2.07. The van der Waals surface area contributed by atoms with Gasteiger partial charge in [0.15, 0.2) is 5.16 Å². The smallest absolute Gasteiger partial charge is 0.166 e. The number of hydrogen-bond acceptors (Lipinski definition) is 4. The van der Waals surface area contributed by atoms with Crippen molar-refractivity contribution in [3.05, 3.63) is 41.8 Å². The second-order valence-corrected chi connectivity index (χ2v) is 4.79. The third kappa shape index (κ3) is 2.19. The summed E-state index contributed by atoms with van der Waals surface area (Å²) in [5.41, 5.74) is 3.30. The molecule has 0 unspecified atom stereocenters. The molecule has 3 rings (SSSR count). The van der Waals surface area contributed by atoms with Crippen LogP contribution in [0, 0.1) is 6.92 Å². The number of aromatic amines is 1. The van der Waals surface area contributed by atoms with E-state index in [-0.39, 0.29) is 0 Å². The molecule has 0 aliphatic heterocycles. The van der Waals surface area contributed by atoms with Gasteiger partial charge >= 0.3 is 0 Å². The first-order valence-corrected chi connectivity index (χ1v) is 6.28. The second kappa shape index (κ2) is 4.25. The van der Waals surface area contributed by atoms with E-state index in [1.807, 2.05) is 12.1 Å². The molecular weight excluding hydrogens is 234 g/mol. The van der Waals surface area contributed by atoms with E-state index >= 15 is 0 Å². The van der Waals surface area contributed by atoms with Crippen molar-refractivity contribution in [1.82, 2.24) is 15.1 Å². The second-order valence-electron chi connectivity index (χ2n) is 3.83.